The van der Waals surface area contributed by atoms with Crippen LogP contribution in [0.2, 0.25) is 0 Å². The van der Waals surface area contributed by atoms with Crippen molar-refractivity contribution in [3.05, 3.63) is 0 Å². The Balaban J connectivity index is 1.72. The molecular weight excluding hydrogens is 193 g/mol. The van der Waals surface area contributed by atoms with Crippen molar-refractivity contribution in [1.29, 1.82) is 0 Å². The van der Waals surface area contributed by atoms with Gasteiger partial charge in [-0.3, -0.25) is 5.32 Å². The zero-order valence-electron chi connectivity index (χ0n) is 9.27. The molecule has 0 aromatic heterocycles. The van der Waals surface area contributed by atoms with Crippen LogP contribution in [0.15, 0.2) is 0 Å². The Morgan fingerprint density at radius 1 is 1.33 bits per heavy atom. The van der Waals surface area contributed by atoms with E-state index in [0.29, 0.717) is 25.6 Å². The van der Waals surface area contributed by atoms with Gasteiger partial charge in [-0.05, 0) is 45.1 Å². The topological polar surface area (TPSA) is 50.1 Å². The summed E-state index contributed by atoms with van der Waals surface area (Å²) >= 11 is 0. The molecule has 0 aromatic carbocycles. The summed E-state index contributed by atoms with van der Waals surface area (Å²) in [6.07, 6.45) is 5.54. The summed E-state index contributed by atoms with van der Waals surface area (Å²) in [7, 11) is 0. The van der Waals surface area contributed by atoms with Gasteiger partial charge in [0.2, 0.25) is 0 Å². The molecule has 4 N–H and O–H groups in total. The predicted molar refractivity (Wildman–Crippen MR) is 59.3 cm³/mol. The van der Waals surface area contributed by atoms with Gasteiger partial charge in [0.15, 0.2) is 0 Å². The highest BCUT2D eigenvalue weighted by Crippen LogP contribution is 2.30. The highest BCUT2D eigenvalue weighted by atomic mass is 19.1. The first-order valence-electron chi connectivity index (χ1n) is 6.09. The van der Waals surface area contributed by atoms with Crippen LogP contribution in [0.4, 0.5) is 4.39 Å². The molecule has 1 atom stereocenters. The minimum Gasteiger partial charge on any atom is -0.328 e. The Hall–Kier alpha value is -0.190. The van der Waals surface area contributed by atoms with Crippen molar-refractivity contribution < 1.29 is 4.39 Å². The lowest BCUT2D eigenvalue weighted by Gasteiger charge is -2.33. The van der Waals surface area contributed by atoms with Crippen molar-refractivity contribution in [2.75, 3.05) is 13.1 Å². The molecule has 3 nitrogen and oxygen atoms in total. The molecule has 0 bridgehead atoms. The summed E-state index contributed by atoms with van der Waals surface area (Å²) in [6, 6.07) is 0.221. The van der Waals surface area contributed by atoms with Crippen molar-refractivity contribution in [2.24, 2.45) is 5.73 Å². The Morgan fingerprint density at radius 2 is 2.07 bits per heavy atom. The van der Waals surface area contributed by atoms with Crippen LogP contribution in [0.3, 0.4) is 0 Å². The maximum absolute atomic E-state index is 14.3. The minimum absolute atomic E-state index is 0.221. The molecule has 15 heavy (non-hydrogen) atoms. The van der Waals surface area contributed by atoms with Gasteiger partial charge in [-0.15, -0.1) is 0 Å². The molecule has 1 heterocycles. The van der Waals surface area contributed by atoms with E-state index in [1.807, 2.05) is 0 Å². The van der Waals surface area contributed by atoms with Crippen molar-refractivity contribution in [3.8, 4) is 0 Å². The van der Waals surface area contributed by atoms with Crippen LogP contribution in [-0.2, 0) is 0 Å². The summed E-state index contributed by atoms with van der Waals surface area (Å²) in [5.74, 6) is 0. The van der Waals surface area contributed by atoms with Crippen LogP contribution in [-0.4, -0.2) is 31.0 Å². The van der Waals surface area contributed by atoms with Crippen molar-refractivity contribution in [1.82, 2.24) is 10.6 Å². The first kappa shape index (κ1) is 11.3. The van der Waals surface area contributed by atoms with Gasteiger partial charge in [0.25, 0.3) is 0 Å². The van der Waals surface area contributed by atoms with Crippen LogP contribution < -0.4 is 16.4 Å². The van der Waals surface area contributed by atoms with Crippen LogP contribution in [0.1, 0.15) is 38.5 Å². The third kappa shape index (κ3) is 3.13. The fourth-order valence-electron chi connectivity index (χ4n) is 2.50. The normalized spacial score (nSPS) is 42.0. The van der Waals surface area contributed by atoms with E-state index in [-0.39, 0.29) is 6.04 Å². The Bertz CT molecular complexity index is 196. The van der Waals surface area contributed by atoms with Crippen molar-refractivity contribution in [3.63, 3.8) is 0 Å². The summed E-state index contributed by atoms with van der Waals surface area (Å²) < 4.78 is 14.3. The second-order valence-electron chi connectivity index (χ2n) is 5.02. The molecule has 4 heteroatoms. The third-order valence-corrected chi connectivity index (χ3v) is 3.65. The molecule has 1 unspecified atom stereocenters. The number of nitrogens with two attached hydrogens (primary N) is 1. The second kappa shape index (κ2) is 4.76. The zero-order valence-corrected chi connectivity index (χ0v) is 9.27. The van der Waals surface area contributed by atoms with E-state index in [0.717, 1.165) is 25.8 Å². The standard InChI is InChI=1S/C11H22FN3/c12-11(5-3-9(13)4-6-11)8-15-10-2-1-7-14-10/h9-10,14-15H,1-8,13H2. The molecule has 0 amide bonds. The summed E-state index contributed by atoms with van der Waals surface area (Å²) in [5, 5.41) is 6.60. The van der Waals surface area contributed by atoms with Gasteiger partial charge >= 0.3 is 0 Å². The van der Waals surface area contributed by atoms with Crippen LogP contribution in [0.25, 0.3) is 0 Å². The Kier molecular flexibility index (Phi) is 3.59. The van der Waals surface area contributed by atoms with E-state index in [1.54, 1.807) is 0 Å². The number of alkyl halides is 1. The second-order valence-corrected chi connectivity index (χ2v) is 5.02. The first-order valence-corrected chi connectivity index (χ1v) is 6.09. The summed E-state index contributed by atoms with van der Waals surface area (Å²) in [4.78, 5) is 0. The molecule has 1 aliphatic heterocycles. The molecule has 2 aliphatic rings. The number of halogens is 1. The van der Waals surface area contributed by atoms with Gasteiger partial charge in [-0.25, -0.2) is 4.39 Å². The monoisotopic (exact) mass is 215 g/mol. The molecule has 0 aromatic rings. The lowest BCUT2D eigenvalue weighted by Crippen LogP contribution is -2.48. The zero-order chi connectivity index (χ0) is 10.7. The fourth-order valence-corrected chi connectivity index (χ4v) is 2.50. The molecule has 0 radical (unpaired) electrons. The third-order valence-electron chi connectivity index (χ3n) is 3.65. The van der Waals surface area contributed by atoms with E-state index in [1.165, 1.54) is 6.42 Å². The number of nitrogens with one attached hydrogen (secondary N) is 2. The van der Waals surface area contributed by atoms with Gasteiger partial charge in [-0.1, -0.05) is 0 Å². The van der Waals surface area contributed by atoms with Crippen molar-refractivity contribution >= 4 is 0 Å². The molecule has 1 saturated heterocycles. The maximum atomic E-state index is 14.3. The van der Waals surface area contributed by atoms with Crippen LogP contribution in [0, 0.1) is 0 Å². The number of rotatable bonds is 3. The van der Waals surface area contributed by atoms with E-state index >= 15 is 0 Å². The molecule has 2 rings (SSSR count). The van der Waals surface area contributed by atoms with Crippen LogP contribution in [0.5, 0.6) is 0 Å². The van der Waals surface area contributed by atoms with E-state index in [9.17, 15) is 4.39 Å². The van der Waals surface area contributed by atoms with Gasteiger partial charge in [0.05, 0.1) is 6.17 Å². The maximum Gasteiger partial charge on any atom is 0.123 e. The van der Waals surface area contributed by atoms with Gasteiger partial charge < -0.3 is 11.1 Å². The highest BCUT2D eigenvalue weighted by Gasteiger charge is 2.34. The molecule has 1 aliphatic carbocycles. The Labute approximate surface area is 91.0 Å². The molecule has 88 valence electrons. The summed E-state index contributed by atoms with van der Waals surface area (Å²) in [6.45, 7) is 1.54. The van der Waals surface area contributed by atoms with Crippen molar-refractivity contribution in [2.45, 2.75) is 56.4 Å². The number of hydrogen-bond donors (Lipinski definition) is 3. The fraction of sp³-hybridized carbons (Fsp3) is 1.00. The lowest BCUT2D eigenvalue weighted by atomic mass is 9.84. The van der Waals surface area contributed by atoms with E-state index < -0.39 is 5.67 Å². The molecular formula is C11H22FN3. The quantitative estimate of drug-likeness (QED) is 0.655. The average Bonchev–Trinajstić information content (AvgIpc) is 2.73. The van der Waals surface area contributed by atoms with Crippen LogP contribution >= 0.6 is 0 Å². The highest BCUT2D eigenvalue weighted by molar-refractivity contribution is 4.90. The smallest absolute Gasteiger partial charge is 0.123 e. The first-order chi connectivity index (χ1) is 7.18. The largest absolute Gasteiger partial charge is 0.328 e. The summed E-state index contributed by atoms with van der Waals surface area (Å²) in [5.41, 5.74) is 4.76. The average molecular weight is 215 g/mol. The van der Waals surface area contributed by atoms with E-state index in [2.05, 4.69) is 10.6 Å². The predicted octanol–water partition coefficient (Wildman–Crippen LogP) is 0.895. The van der Waals surface area contributed by atoms with Gasteiger partial charge in [-0.2, -0.15) is 0 Å². The lowest BCUT2D eigenvalue weighted by molar-refractivity contribution is 0.0933. The SMILES string of the molecule is NC1CCC(F)(CNC2CCCN2)CC1. The number of hydrogen-bond acceptors (Lipinski definition) is 3. The van der Waals surface area contributed by atoms with E-state index in [4.69, 9.17) is 5.73 Å². The van der Waals surface area contributed by atoms with Gasteiger partial charge in [0, 0.05) is 12.6 Å². The molecule has 0 spiro atoms. The minimum atomic E-state index is -1.01. The van der Waals surface area contributed by atoms with Gasteiger partial charge in [0.1, 0.15) is 5.67 Å². The molecule has 2 fully saturated rings. The molecule has 1 saturated carbocycles. The Morgan fingerprint density at radius 3 is 2.67 bits per heavy atom.